The molecule has 0 atom stereocenters. The molecule has 5 heteroatoms. The second kappa shape index (κ2) is 6.50. The summed E-state index contributed by atoms with van der Waals surface area (Å²) in [5.41, 5.74) is 1.09. The Morgan fingerprint density at radius 1 is 1.10 bits per heavy atom. The Balaban J connectivity index is 1.91. The molecule has 2 aromatic carbocycles. The van der Waals surface area contributed by atoms with Crippen molar-refractivity contribution in [3.05, 3.63) is 42.5 Å². The smallest absolute Gasteiger partial charge is 0.191 e. The Hall–Kier alpha value is -1.52. The highest BCUT2D eigenvalue weighted by atomic mass is 35.5. The standard InChI is InChI=1S/C16H16ClN3S/c1-20-15(18-19-16(20)21-10-4-9-17)14-8-7-12-5-2-3-6-13(12)11-14/h2-3,5-8,11H,4,9-10H2,1H3. The molecular formula is C16H16ClN3S. The Bertz CT molecular complexity index is 754. The molecule has 3 aromatic rings. The molecule has 0 amide bonds. The number of thioether (sulfide) groups is 1. The third kappa shape index (κ3) is 3.06. The van der Waals surface area contributed by atoms with Gasteiger partial charge in [0.05, 0.1) is 0 Å². The summed E-state index contributed by atoms with van der Waals surface area (Å²) in [7, 11) is 2.01. The molecule has 3 nitrogen and oxygen atoms in total. The van der Waals surface area contributed by atoms with Crippen molar-refractivity contribution in [2.75, 3.05) is 11.6 Å². The second-order valence-corrected chi connectivity index (χ2v) is 6.26. The molecule has 0 radical (unpaired) electrons. The van der Waals surface area contributed by atoms with Crippen LogP contribution in [0.15, 0.2) is 47.6 Å². The third-order valence-electron chi connectivity index (χ3n) is 3.35. The van der Waals surface area contributed by atoms with E-state index in [0.29, 0.717) is 5.88 Å². The molecule has 0 saturated carbocycles. The van der Waals surface area contributed by atoms with Gasteiger partial charge >= 0.3 is 0 Å². The van der Waals surface area contributed by atoms with Gasteiger partial charge in [-0.1, -0.05) is 48.2 Å². The summed E-state index contributed by atoms with van der Waals surface area (Å²) < 4.78 is 2.04. The van der Waals surface area contributed by atoms with Gasteiger partial charge in [0, 0.05) is 24.2 Å². The molecule has 0 aliphatic carbocycles. The Kier molecular flexibility index (Phi) is 4.46. The second-order valence-electron chi connectivity index (χ2n) is 4.82. The normalized spacial score (nSPS) is 11.1. The molecule has 0 aliphatic rings. The fourth-order valence-corrected chi connectivity index (χ4v) is 3.38. The van der Waals surface area contributed by atoms with Crippen LogP contribution in [0.25, 0.3) is 22.2 Å². The lowest BCUT2D eigenvalue weighted by Crippen LogP contribution is -1.95. The zero-order valence-electron chi connectivity index (χ0n) is 11.8. The van der Waals surface area contributed by atoms with Crippen molar-refractivity contribution in [3.8, 4) is 11.4 Å². The molecule has 0 spiro atoms. The van der Waals surface area contributed by atoms with Crippen molar-refractivity contribution >= 4 is 34.1 Å². The van der Waals surface area contributed by atoms with Crippen LogP contribution in [-0.2, 0) is 7.05 Å². The molecule has 108 valence electrons. The van der Waals surface area contributed by atoms with E-state index in [9.17, 15) is 0 Å². The van der Waals surface area contributed by atoms with Crippen LogP contribution in [0.1, 0.15) is 6.42 Å². The van der Waals surface area contributed by atoms with Gasteiger partial charge in [0.1, 0.15) is 0 Å². The van der Waals surface area contributed by atoms with Gasteiger partial charge in [0.25, 0.3) is 0 Å². The summed E-state index contributed by atoms with van der Waals surface area (Å²) in [4.78, 5) is 0. The van der Waals surface area contributed by atoms with Gasteiger partial charge in [-0.3, -0.25) is 0 Å². The van der Waals surface area contributed by atoms with E-state index in [-0.39, 0.29) is 0 Å². The summed E-state index contributed by atoms with van der Waals surface area (Å²) in [5.74, 6) is 2.55. The summed E-state index contributed by atoms with van der Waals surface area (Å²) in [6.45, 7) is 0. The minimum atomic E-state index is 0.683. The van der Waals surface area contributed by atoms with Crippen molar-refractivity contribution in [1.29, 1.82) is 0 Å². The molecule has 0 saturated heterocycles. The van der Waals surface area contributed by atoms with Gasteiger partial charge in [0.15, 0.2) is 11.0 Å². The predicted octanol–water partition coefficient (Wildman–Crippen LogP) is 4.36. The first kappa shape index (κ1) is 14.4. The van der Waals surface area contributed by atoms with Gasteiger partial charge in [-0.15, -0.1) is 21.8 Å². The number of halogens is 1. The largest absolute Gasteiger partial charge is 0.305 e. The van der Waals surface area contributed by atoms with Crippen molar-refractivity contribution in [2.24, 2.45) is 7.05 Å². The summed E-state index contributed by atoms with van der Waals surface area (Å²) in [5, 5.41) is 12.0. The van der Waals surface area contributed by atoms with Crippen LogP contribution in [0.2, 0.25) is 0 Å². The lowest BCUT2D eigenvalue weighted by molar-refractivity contribution is 0.793. The van der Waals surface area contributed by atoms with E-state index in [4.69, 9.17) is 11.6 Å². The lowest BCUT2D eigenvalue weighted by Gasteiger charge is -2.05. The number of benzene rings is 2. The molecule has 0 N–H and O–H groups in total. The van der Waals surface area contributed by atoms with Crippen LogP contribution < -0.4 is 0 Å². The van der Waals surface area contributed by atoms with Crippen LogP contribution in [-0.4, -0.2) is 26.4 Å². The maximum absolute atomic E-state index is 5.71. The summed E-state index contributed by atoms with van der Waals surface area (Å²) in [6, 6.07) is 14.7. The minimum absolute atomic E-state index is 0.683. The van der Waals surface area contributed by atoms with Gasteiger partial charge in [-0.2, -0.15) is 0 Å². The highest BCUT2D eigenvalue weighted by molar-refractivity contribution is 7.99. The maximum atomic E-state index is 5.71. The molecule has 1 heterocycles. The van der Waals surface area contributed by atoms with Crippen molar-refractivity contribution in [1.82, 2.24) is 14.8 Å². The zero-order chi connectivity index (χ0) is 14.7. The van der Waals surface area contributed by atoms with E-state index in [1.807, 2.05) is 11.6 Å². The Morgan fingerprint density at radius 2 is 1.90 bits per heavy atom. The quantitative estimate of drug-likeness (QED) is 0.398. The topological polar surface area (TPSA) is 30.7 Å². The lowest BCUT2D eigenvalue weighted by atomic mass is 10.1. The van der Waals surface area contributed by atoms with E-state index in [0.717, 1.165) is 28.7 Å². The molecule has 0 aliphatic heterocycles. The number of hydrogen-bond acceptors (Lipinski definition) is 3. The van der Waals surface area contributed by atoms with Crippen molar-refractivity contribution in [3.63, 3.8) is 0 Å². The first-order chi connectivity index (χ1) is 10.3. The molecule has 3 rings (SSSR count). The van der Waals surface area contributed by atoms with Gasteiger partial charge < -0.3 is 4.57 Å². The fraction of sp³-hybridized carbons (Fsp3) is 0.250. The number of fused-ring (bicyclic) bond motifs is 1. The Labute approximate surface area is 133 Å². The number of alkyl halides is 1. The molecule has 21 heavy (non-hydrogen) atoms. The molecule has 1 aromatic heterocycles. The van der Waals surface area contributed by atoms with Crippen LogP contribution in [0.3, 0.4) is 0 Å². The van der Waals surface area contributed by atoms with Gasteiger partial charge in [-0.25, -0.2) is 0 Å². The van der Waals surface area contributed by atoms with Crippen molar-refractivity contribution in [2.45, 2.75) is 11.6 Å². The minimum Gasteiger partial charge on any atom is -0.305 e. The van der Waals surface area contributed by atoms with Crippen molar-refractivity contribution < 1.29 is 0 Å². The van der Waals surface area contributed by atoms with Crippen LogP contribution in [0, 0.1) is 0 Å². The third-order valence-corrected chi connectivity index (χ3v) is 4.73. The van der Waals surface area contributed by atoms with E-state index < -0.39 is 0 Å². The van der Waals surface area contributed by atoms with E-state index in [1.54, 1.807) is 11.8 Å². The molecule has 0 bridgehead atoms. The average molecular weight is 318 g/mol. The first-order valence-electron chi connectivity index (χ1n) is 6.87. The number of rotatable bonds is 5. The predicted molar refractivity (Wildman–Crippen MR) is 90.0 cm³/mol. The van der Waals surface area contributed by atoms with E-state index in [1.165, 1.54) is 10.8 Å². The number of nitrogens with zero attached hydrogens (tertiary/aromatic N) is 3. The molecule has 0 unspecified atom stereocenters. The average Bonchev–Trinajstić information content (AvgIpc) is 2.88. The van der Waals surface area contributed by atoms with E-state index >= 15 is 0 Å². The molecule has 0 fully saturated rings. The van der Waals surface area contributed by atoms with Crippen LogP contribution in [0.5, 0.6) is 0 Å². The number of hydrogen-bond donors (Lipinski definition) is 0. The highest BCUT2D eigenvalue weighted by Gasteiger charge is 2.11. The fourth-order valence-electron chi connectivity index (χ4n) is 2.24. The van der Waals surface area contributed by atoms with Crippen LogP contribution in [0.4, 0.5) is 0 Å². The van der Waals surface area contributed by atoms with Gasteiger partial charge in [0.2, 0.25) is 0 Å². The molecular weight excluding hydrogens is 302 g/mol. The number of aromatic nitrogens is 3. The maximum Gasteiger partial charge on any atom is 0.191 e. The summed E-state index contributed by atoms with van der Waals surface area (Å²) >= 11 is 7.40. The Morgan fingerprint density at radius 3 is 2.71 bits per heavy atom. The summed E-state index contributed by atoms with van der Waals surface area (Å²) in [6.07, 6.45) is 0.977. The van der Waals surface area contributed by atoms with Crippen LogP contribution >= 0.6 is 23.4 Å². The van der Waals surface area contributed by atoms with Gasteiger partial charge in [-0.05, 0) is 23.3 Å². The van der Waals surface area contributed by atoms with E-state index in [2.05, 4.69) is 52.7 Å². The zero-order valence-corrected chi connectivity index (χ0v) is 13.4. The highest BCUT2D eigenvalue weighted by Crippen LogP contribution is 2.26. The first-order valence-corrected chi connectivity index (χ1v) is 8.39. The SMILES string of the molecule is Cn1c(SCCCCl)nnc1-c1ccc2ccccc2c1. The monoisotopic (exact) mass is 317 g/mol.